The summed E-state index contributed by atoms with van der Waals surface area (Å²) in [4.78, 5) is 32.0. The van der Waals surface area contributed by atoms with Crippen molar-refractivity contribution in [3.8, 4) is 0 Å². The lowest BCUT2D eigenvalue weighted by Gasteiger charge is -2.28. The number of ketones is 1. The summed E-state index contributed by atoms with van der Waals surface area (Å²) in [5, 5.41) is 5.40. The van der Waals surface area contributed by atoms with Gasteiger partial charge in [-0.05, 0) is 48.5 Å². The lowest BCUT2D eigenvalue weighted by Crippen LogP contribution is -2.36. The van der Waals surface area contributed by atoms with Gasteiger partial charge >= 0.3 is 6.03 Å². The number of rotatable bonds is 5. The fourth-order valence-corrected chi connectivity index (χ4v) is 4.10. The molecule has 3 aromatic carbocycles. The molecule has 5 rings (SSSR count). The van der Waals surface area contributed by atoms with Gasteiger partial charge in [-0.2, -0.15) is 0 Å². The summed E-state index contributed by atoms with van der Waals surface area (Å²) in [6.45, 7) is 2.63. The van der Waals surface area contributed by atoms with E-state index in [2.05, 4.69) is 20.5 Å². The Bertz CT molecular complexity index is 1510. The Morgan fingerprint density at radius 3 is 2.46 bits per heavy atom. The van der Waals surface area contributed by atoms with Crippen LogP contribution in [0.3, 0.4) is 0 Å². The molecule has 10 heteroatoms. The van der Waals surface area contributed by atoms with E-state index in [1.54, 1.807) is 18.3 Å². The summed E-state index contributed by atoms with van der Waals surface area (Å²) in [6, 6.07) is 12.7. The van der Waals surface area contributed by atoms with Gasteiger partial charge in [0.1, 0.15) is 5.82 Å². The molecule has 37 heavy (non-hydrogen) atoms. The molecule has 0 spiro atoms. The Labute approximate surface area is 209 Å². The first kappa shape index (κ1) is 24.3. The minimum atomic E-state index is -1.33. The van der Waals surface area contributed by atoms with Crippen molar-refractivity contribution in [2.45, 2.75) is 0 Å². The number of pyridine rings is 1. The molecule has 0 saturated carbocycles. The number of fused-ring (bicyclic) bond motifs is 1. The monoisotopic (exact) mass is 506 g/mol. The number of carbonyl (C=O) groups is 2. The molecule has 2 N–H and O–H groups in total. The normalized spacial score (nSPS) is 13.4. The van der Waals surface area contributed by atoms with Crippen LogP contribution < -0.4 is 15.5 Å². The van der Waals surface area contributed by atoms with E-state index in [-0.39, 0.29) is 16.9 Å². The van der Waals surface area contributed by atoms with Gasteiger partial charge < -0.3 is 20.3 Å². The number of hydrogen-bond acceptors (Lipinski definition) is 5. The van der Waals surface area contributed by atoms with E-state index >= 15 is 0 Å². The van der Waals surface area contributed by atoms with Crippen molar-refractivity contribution >= 4 is 39.8 Å². The number of halogens is 3. The van der Waals surface area contributed by atoms with Crippen LogP contribution in [-0.4, -0.2) is 43.1 Å². The van der Waals surface area contributed by atoms with Crippen molar-refractivity contribution in [2.24, 2.45) is 0 Å². The fourth-order valence-electron chi connectivity index (χ4n) is 4.10. The van der Waals surface area contributed by atoms with Crippen molar-refractivity contribution in [1.29, 1.82) is 0 Å². The molecule has 7 nitrogen and oxygen atoms in total. The van der Waals surface area contributed by atoms with E-state index < -0.39 is 34.8 Å². The molecule has 4 aromatic rings. The van der Waals surface area contributed by atoms with Crippen LogP contribution in [-0.2, 0) is 4.74 Å². The maximum absolute atomic E-state index is 14.7. The van der Waals surface area contributed by atoms with Crippen molar-refractivity contribution in [2.75, 3.05) is 41.8 Å². The second-order valence-corrected chi connectivity index (χ2v) is 8.44. The highest BCUT2D eigenvalue weighted by Crippen LogP contribution is 2.26. The molecule has 0 aliphatic carbocycles. The number of amides is 2. The van der Waals surface area contributed by atoms with Crippen LogP contribution in [0.2, 0.25) is 0 Å². The van der Waals surface area contributed by atoms with Crippen LogP contribution >= 0.6 is 0 Å². The number of urea groups is 1. The Balaban J connectivity index is 1.40. The van der Waals surface area contributed by atoms with Gasteiger partial charge in [0.2, 0.25) is 0 Å². The van der Waals surface area contributed by atoms with Gasteiger partial charge in [-0.25, -0.2) is 18.0 Å². The summed E-state index contributed by atoms with van der Waals surface area (Å²) < 4.78 is 47.8. The molecule has 1 aliphatic rings. The van der Waals surface area contributed by atoms with E-state index in [1.165, 1.54) is 24.3 Å². The van der Waals surface area contributed by atoms with Gasteiger partial charge in [-0.15, -0.1) is 0 Å². The van der Waals surface area contributed by atoms with Gasteiger partial charge in [0.25, 0.3) is 0 Å². The molecule has 1 aliphatic heterocycles. The number of carbonyl (C=O) groups excluding carboxylic acids is 2. The number of morpholine rings is 1. The van der Waals surface area contributed by atoms with Crippen molar-refractivity contribution in [3.05, 3.63) is 95.4 Å². The molecule has 2 amide bonds. The van der Waals surface area contributed by atoms with Crippen LogP contribution in [0.1, 0.15) is 15.9 Å². The van der Waals surface area contributed by atoms with Crippen molar-refractivity contribution < 1.29 is 27.5 Å². The lowest BCUT2D eigenvalue weighted by molar-refractivity contribution is 0.103. The third-order valence-electron chi connectivity index (χ3n) is 5.92. The van der Waals surface area contributed by atoms with E-state index in [1.807, 2.05) is 6.07 Å². The van der Waals surface area contributed by atoms with Crippen LogP contribution in [0.15, 0.2) is 66.9 Å². The van der Waals surface area contributed by atoms with Crippen molar-refractivity contribution in [3.63, 3.8) is 0 Å². The molecule has 0 bridgehead atoms. The number of hydrogen-bond donors (Lipinski definition) is 2. The second-order valence-electron chi connectivity index (χ2n) is 8.44. The number of aromatic nitrogens is 1. The SMILES string of the molecule is O=C(Nc1cccc(F)c1)Nc1cc(F)c(F)c(C(=O)c2ccc3ncc(N4CCOCC4)cc3c2)c1. The predicted octanol–water partition coefficient (Wildman–Crippen LogP) is 5.36. The van der Waals surface area contributed by atoms with E-state index in [0.29, 0.717) is 37.2 Å². The number of benzene rings is 3. The third kappa shape index (κ3) is 5.39. The quantitative estimate of drug-likeness (QED) is 0.356. The highest BCUT2D eigenvalue weighted by molar-refractivity contribution is 6.11. The van der Waals surface area contributed by atoms with Gasteiger partial charge in [-0.1, -0.05) is 6.07 Å². The molecule has 0 radical (unpaired) electrons. The molecule has 1 fully saturated rings. The van der Waals surface area contributed by atoms with E-state index in [4.69, 9.17) is 4.74 Å². The molecular formula is C27H21F3N4O3. The first-order chi connectivity index (χ1) is 17.9. The molecule has 2 heterocycles. The Morgan fingerprint density at radius 1 is 0.892 bits per heavy atom. The summed E-state index contributed by atoms with van der Waals surface area (Å²) >= 11 is 0. The first-order valence-corrected chi connectivity index (χ1v) is 11.5. The fraction of sp³-hybridized carbons (Fsp3) is 0.148. The van der Waals surface area contributed by atoms with E-state index in [0.717, 1.165) is 23.9 Å². The minimum Gasteiger partial charge on any atom is -0.378 e. The van der Waals surface area contributed by atoms with E-state index in [9.17, 15) is 22.8 Å². The maximum atomic E-state index is 14.7. The van der Waals surface area contributed by atoms with Gasteiger partial charge in [-0.3, -0.25) is 9.78 Å². The predicted molar refractivity (Wildman–Crippen MR) is 134 cm³/mol. The van der Waals surface area contributed by atoms with Crippen molar-refractivity contribution in [1.82, 2.24) is 4.98 Å². The van der Waals surface area contributed by atoms with Crippen LogP contribution in [0, 0.1) is 17.5 Å². The highest BCUT2D eigenvalue weighted by Gasteiger charge is 2.21. The zero-order chi connectivity index (χ0) is 25.9. The van der Waals surface area contributed by atoms with Gasteiger partial charge in [0.05, 0.1) is 36.2 Å². The lowest BCUT2D eigenvalue weighted by atomic mass is 10.00. The zero-order valence-corrected chi connectivity index (χ0v) is 19.4. The van der Waals surface area contributed by atoms with Gasteiger partial charge in [0.15, 0.2) is 17.4 Å². The minimum absolute atomic E-state index is 0.132. The largest absolute Gasteiger partial charge is 0.378 e. The summed E-state index contributed by atoms with van der Waals surface area (Å²) in [5.41, 5.74) is 1.12. The average molecular weight is 506 g/mol. The standard InChI is InChI=1S/C27H21F3N4O3/c28-18-2-1-3-19(12-18)32-27(36)33-20-13-22(25(30)23(29)14-20)26(35)16-4-5-24-17(10-16)11-21(15-31-24)34-6-8-37-9-7-34/h1-5,10-15H,6-9H2,(H2,32,33,36). The summed E-state index contributed by atoms with van der Waals surface area (Å²) in [5.74, 6) is -3.95. The van der Waals surface area contributed by atoms with Crippen LogP contribution in [0.4, 0.5) is 35.0 Å². The van der Waals surface area contributed by atoms with Crippen LogP contribution in [0.25, 0.3) is 10.9 Å². The van der Waals surface area contributed by atoms with Gasteiger partial charge in [0, 0.05) is 41.5 Å². The molecule has 0 unspecified atom stereocenters. The first-order valence-electron chi connectivity index (χ1n) is 11.5. The topological polar surface area (TPSA) is 83.6 Å². The highest BCUT2D eigenvalue weighted by atomic mass is 19.2. The second kappa shape index (κ2) is 10.3. The van der Waals surface area contributed by atoms with Crippen LogP contribution in [0.5, 0.6) is 0 Å². The molecule has 1 aromatic heterocycles. The summed E-state index contributed by atoms with van der Waals surface area (Å²) in [7, 11) is 0. The smallest absolute Gasteiger partial charge is 0.323 e. The Hall–Kier alpha value is -4.44. The number of nitrogens with zero attached hydrogens (tertiary/aromatic N) is 2. The average Bonchev–Trinajstić information content (AvgIpc) is 2.90. The molecular weight excluding hydrogens is 485 g/mol. The number of nitrogens with one attached hydrogen (secondary N) is 2. The molecule has 188 valence electrons. The molecule has 1 saturated heterocycles. The maximum Gasteiger partial charge on any atom is 0.323 e. The third-order valence-corrected chi connectivity index (χ3v) is 5.92. The molecule has 0 atom stereocenters. The summed E-state index contributed by atoms with van der Waals surface area (Å²) in [6.07, 6.45) is 1.74. The zero-order valence-electron chi connectivity index (χ0n) is 19.4. The Morgan fingerprint density at radius 2 is 1.68 bits per heavy atom. The Kier molecular flexibility index (Phi) is 6.74. The number of anilines is 3. The number of ether oxygens (including phenoxy) is 1.